The minimum Gasteiger partial charge on any atom is -0.338 e. The lowest BCUT2D eigenvalue weighted by molar-refractivity contribution is -0.132. The van der Waals surface area contributed by atoms with Gasteiger partial charge in [-0.25, -0.2) is 4.39 Å². The van der Waals surface area contributed by atoms with E-state index in [1.54, 1.807) is 36.8 Å². The van der Waals surface area contributed by atoms with Crippen LogP contribution in [0.25, 0.3) is 5.69 Å². The Balaban J connectivity index is 1.51. The number of benzene rings is 1. The van der Waals surface area contributed by atoms with Gasteiger partial charge in [0.1, 0.15) is 5.82 Å². The number of aromatic nitrogens is 2. The molecule has 1 amide bonds. The first-order chi connectivity index (χ1) is 13.6. The molecule has 6 heteroatoms. The van der Waals surface area contributed by atoms with E-state index in [0.717, 1.165) is 16.7 Å². The minimum absolute atomic E-state index is 0.0991. The fourth-order valence-electron chi connectivity index (χ4n) is 3.50. The maximum atomic E-state index is 13.2. The lowest BCUT2D eigenvalue weighted by atomic mass is 10.0. The summed E-state index contributed by atoms with van der Waals surface area (Å²) in [4.78, 5) is 30.9. The van der Waals surface area contributed by atoms with Gasteiger partial charge in [0.25, 0.3) is 5.56 Å². The van der Waals surface area contributed by atoms with Crippen molar-refractivity contribution in [2.24, 2.45) is 0 Å². The molecule has 3 aromatic rings. The van der Waals surface area contributed by atoms with Gasteiger partial charge in [-0.15, -0.1) is 0 Å². The largest absolute Gasteiger partial charge is 0.338 e. The van der Waals surface area contributed by atoms with Gasteiger partial charge >= 0.3 is 0 Å². The summed E-state index contributed by atoms with van der Waals surface area (Å²) in [5.74, 6) is -0.247. The Kier molecular flexibility index (Phi) is 5.02. The van der Waals surface area contributed by atoms with Gasteiger partial charge in [-0.1, -0.05) is 0 Å². The van der Waals surface area contributed by atoms with Crippen LogP contribution in [0.3, 0.4) is 0 Å². The summed E-state index contributed by atoms with van der Waals surface area (Å²) in [7, 11) is 0. The third-order valence-corrected chi connectivity index (χ3v) is 5.08. The van der Waals surface area contributed by atoms with Crippen LogP contribution in [0.15, 0.2) is 65.8 Å². The number of halogens is 1. The molecule has 0 atom stereocenters. The molecule has 28 heavy (non-hydrogen) atoms. The maximum absolute atomic E-state index is 13.2. The maximum Gasteiger partial charge on any atom is 0.255 e. The van der Waals surface area contributed by atoms with Gasteiger partial charge < -0.3 is 4.90 Å². The molecule has 2 aromatic heterocycles. The fourth-order valence-corrected chi connectivity index (χ4v) is 3.50. The lowest BCUT2D eigenvalue weighted by Gasteiger charge is -2.29. The first-order valence-electron chi connectivity index (χ1n) is 9.27. The quantitative estimate of drug-likeness (QED) is 0.703. The van der Waals surface area contributed by atoms with Gasteiger partial charge in [0.2, 0.25) is 5.91 Å². The molecule has 0 N–H and O–H groups in total. The average molecular weight is 377 g/mol. The molecule has 0 fully saturated rings. The zero-order chi connectivity index (χ0) is 19.5. The molecule has 1 aromatic carbocycles. The molecular weight excluding hydrogens is 357 g/mol. The molecule has 1 aliphatic heterocycles. The van der Waals surface area contributed by atoms with Crippen LogP contribution >= 0.6 is 0 Å². The molecule has 0 saturated heterocycles. The first-order valence-corrected chi connectivity index (χ1v) is 9.27. The molecule has 142 valence electrons. The molecule has 1 aliphatic rings. The Morgan fingerprint density at radius 2 is 1.82 bits per heavy atom. The number of hydrogen-bond donors (Lipinski definition) is 0. The van der Waals surface area contributed by atoms with Crippen LogP contribution in [-0.4, -0.2) is 26.9 Å². The lowest BCUT2D eigenvalue weighted by Crippen LogP contribution is -2.37. The molecule has 0 spiro atoms. The second kappa shape index (κ2) is 7.76. The van der Waals surface area contributed by atoms with Crippen molar-refractivity contribution in [3.05, 3.63) is 93.9 Å². The number of nitrogens with zero attached hydrogens (tertiary/aromatic N) is 3. The van der Waals surface area contributed by atoms with Crippen molar-refractivity contribution in [3.8, 4) is 5.69 Å². The summed E-state index contributed by atoms with van der Waals surface area (Å²) in [6, 6.07) is 11.3. The van der Waals surface area contributed by atoms with Gasteiger partial charge in [0.05, 0.1) is 0 Å². The first kappa shape index (κ1) is 18.1. The van der Waals surface area contributed by atoms with Gasteiger partial charge in [-0.3, -0.25) is 19.1 Å². The Labute approximate surface area is 162 Å². The van der Waals surface area contributed by atoms with E-state index in [-0.39, 0.29) is 17.3 Å². The summed E-state index contributed by atoms with van der Waals surface area (Å²) in [5.41, 5.74) is 3.47. The molecule has 0 radical (unpaired) electrons. The van der Waals surface area contributed by atoms with Crippen molar-refractivity contribution in [1.29, 1.82) is 0 Å². The highest BCUT2D eigenvalue weighted by Crippen LogP contribution is 2.20. The molecule has 5 nitrogen and oxygen atoms in total. The zero-order valence-corrected chi connectivity index (χ0v) is 15.3. The Bertz CT molecular complexity index is 1050. The molecule has 0 aliphatic carbocycles. The van der Waals surface area contributed by atoms with E-state index in [9.17, 15) is 14.0 Å². The highest BCUT2D eigenvalue weighted by atomic mass is 19.1. The van der Waals surface area contributed by atoms with E-state index in [4.69, 9.17) is 0 Å². The Morgan fingerprint density at radius 1 is 1.07 bits per heavy atom. The minimum atomic E-state index is -0.347. The number of carbonyl (C=O) groups excluding carboxylic acids is 1. The van der Waals surface area contributed by atoms with Crippen LogP contribution in [0.4, 0.5) is 4.39 Å². The smallest absolute Gasteiger partial charge is 0.255 e. The van der Waals surface area contributed by atoms with E-state index in [1.165, 1.54) is 16.7 Å². The fraction of sp³-hybridized carbons (Fsp3) is 0.227. The van der Waals surface area contributed by atoms with Crippen molar-refractivity contribution in [1.82, 2.24) is 14.5 Å². The van der Waals surface area contributed by atoms with E-state index < -0.39 is 0 Å². The summed E-state index contributed by atoms with van der Waals surface area (Å²) in [6.45, 7) is 1.09. The van der Waals surface area contributed by atoms with E-state index in [0.29, 0.717) is 38.0 Å². The second-order valence-corrected chi connectivity index (χ2v) is 6.93. The third-order valence-electron chi connectivity index (χ3n) is 5.08. The van der Waals surface area contributed by atoms with Gasteiger partial charge in [-0.2, -0.15) is 0 Å². The average Bonchev–Trinajstić information content (AvgIpc) is 2.72. The number of fused-ring (bicyclic) bond motifs is 1. The Hall–Kier alpha value is -3.28. The second-order valence-electron chi connectivity index (χ2n) is 6.93. The van der Waals surface area contributed by atoms with Crippen molar-refractivity contribution < 1.29 is 9.18 Å². The molecule has 0 unspecified atom stereocenters. The summed E-state index contributed by atoms with van der Waals surface area (Å²) < 4.78 is 14.7. The van der Waals surface area contributed by atoms with Gasteiger partial charge in [-0.05, 0) is 65.9 Å². The molecule has 0 bridgehead atoms. The van der Waals surface area contributed by atoms with E-state index in [2.05, 4.69) is 4.98 Å². The standard InChI is InChI=1S/C22H20FN3O2/c23-19-2-4-20(5-3-19)26-15-18-14-25(12-9-17(18)13-22(26)28)21(27)6-1-16-7-10-24-11-8-16/h2-5,7-8,10-11,13,15H,1,6,9,12,14H2. The summed E-state index contributed by atoms with van der Waals surface area (Å²) in [5, 5.41) is 0. The van der Waals surface area contributed by atoms with Crippen LogP contribution in [0, 0.1) is 5.82 Å². The SMILES string of the molecule is O=C(CCc1ccncc1)N1CCc2cc(=O)n(-c3ccc(F)cc3)cc2C1. The van der Waals surface area contributed by atoms with Crippen LogP contribution in [0.1, 0.15) is 23.1 Å². The van der Waals surface area contributed by atoms with Crippen LogP contribution in [0.2, 0.25) is 0 Å². The van der Waals surface area contributed by atoms with Gasteiger partial charge in [0.15, 0.2) is 0 Å². The monoisotopic (exact) mass is 377 g/mol. The molecule has 3 heterocycles. The number of aryl methyl sites for hydroxylation is 1. The Morgan fingerprint density at radius 3 is 2.57 bits per heavy atom. The van der Waals surface area contributed by atoms with E-state index in [1.807, 2.05) is 17.0 Å². The third kappa shape index (κ3) is 3.86. The number of hydrogen-bond acceptors (Lipinski definition) is 3. The van der Waals surface area contributed by atoms with Crippen LogP contribution in [-0.2, 0) is 24.2 Å². The van der Waals surface area contributed by atoms with Crippen molar-refractivity contribution in [3.63, 3.8) is 0 Å². The highest BCUT2D eigenvalue weighted by molar-refractivity contribution is 5.76. The van der Waals surface area contributed by atoms with Crippen molar-refractivity contribution in [2.45, 2.75) is 25.8 Å². The zero-order valence-electron chi connectivity index (χ0n) is 15.3. The summed E-state index contributed by atoms with van der Waals surface area (Å²) in [6.07, 6.45) is 7.01. The van der Waals surface area contributed by atoms with Crippen LogP contribution in [0.5, 0.6) is 0 Å². The number of rotatable bonds is 4. The molecule has 4 rings (SSSR count). The van der Waals surface area contributed by atoms with E-state index >= 15 is 0 Å². The molecular formula is C22H20FN3O2. The molecule has 0 saturated carbocycles. The summed E-state index contributed by atoms with van der Waals surface area (Å²) >= 11 is 0. The van der Waals surface area contributed by atoms with Crippen LogP contribution < -0.4 is 5.56 Å². The normalized spacial score (nSPS) is 13.2. The van der Waals surface area contributed by atoms with Crippen molar-refractivity contribution >= 4 is 5.91 Å². The van der Waals surface area contributed by atoms with Crippen molar-refractivity contribution in [2.75, 3.05) is 6.54 Å². The number of carbonyl (C=O) groups is 1. The topological polar surface area (TPSA) is 55.2 Å². The predicted molar refractivity (Wildman–Crippen MR) is 104 cm³/mol. The highest BCUT2D eigenvalue weighted by Gasteiger charge is 2.22. The van der Waals surface area contributed by atoms with Gasteiger partial charge in [0, 0.05) is 49.9 Å². The predicted octanol–water partition coefficient (Wildman–Crippen LogP) is 2.89. The number of amides is 1. The number of pyridine rings is 2.